The fourth-order valence-corrected chi connectivity index (χ4v) is 4.38. The Labute approximate surface area is 155 Å². The van der Waals surface area contributed by atoms with E-state index in [-0.39, 0.29) is 17.6 Å². The summed E-state index contributed by atoms with van der Waals surface area (Å²) in [4.78, 5) is 27.0. The van der Waals surface area contributed by atoms with E-state index in [1.165, 1.54) is 5.56 Å². The third kappa shape index (κ3) is 2.78. The van der Waals surface area contributed by atoms with Crippen LogP contribution in [-0.4, -0.2) is 16.6 Å². The third-order valence-electron chi connectivity index (χ3n) is 4.50. The highest BCUT2D eigenvalue weighted by atomic mass is 32.1. The van der Waals surface area contributed by atoms with Gasteiger partial charge in [-0.05, 0) is 48.9 Å². The van der Waals surface area contributed by atoms with Crippen molar-refractivity contribution in [1.29, 1.82) is 0 Å². The van der Waals surface area contributed by atoms with Gasteiger partial charge in [-0.1, -0.05) is 30.3 Å². The first-order chi connectivity index (χ1) is 12.6. The number of benzene rings is 1. The average molecular weight is 365 g/mol. The van der Waals surface area contributed by atoms with Crippen LogP contribution < -0.4 is 5.56 Å². The lowest BCUT2D eigenvalue weighted by atomic mass is 9.98. The van der Waals surface area contributed by atoms with Crippen LogP contribution in [-0.2, 0) is 17.7 Å². The summed E-state index contributed by atoms with van der Waals surface area (Å²) >= 11 is 1.56. The number of hydrogen-bond donors (Lipinski definition) is 0. The Balaban J connectivity index is 2.00. The summed E-state index contributed by atoms with van der Waals surface area (Å²) in [6.45, 7) is 4.23. The molecule has 1 aliphatic rings. The quantitative estimate of drug-likeness (QED) is 0.648. The van der Waals surface area contributed by atoms with Gasteiger partial charge >= 0.3 is 5.97 Å². The average Bonchev–Trinajstić information content (AvgIpc) is 3.11. The number of hydrogen-bond acceptors (Lipinski definition) is 4. The van der Waals surface area contributed by atoms with Gasteiger partial charge in [-0.2, -0.15) is 0 Å². The fraction of sp³-hybridized carbons (Fsp3) is 0.238. The van der Waals surface area contributed by atoms with Gasteiger partial charge in [-0.3, -0.25) is 4.79 Å². The molecule has 1 aliphatic heterocycles. The van der Waals surface area contributed by atoms with Crippen molar-refractivity contribution >= 4 is 17.3 Å². The lowest BCUT2D eigenvalue weighted by molar-refractivity contribution is 0.0378. The predicted octanol–water partition coefficient (Wildman–Crippen LogP) is 4.37. The van der Waals surface area contributed by atoms with Gasteiger partial charge in [0.1, 0.15) is 0 Å². The van der Waals surface area contributed by atoms with Crippen LogP contribution in [0.1, 0.15) is 29.8 Å². The Hall–Kier alpha value is -2.66. The maximum absolute atomic E-state index is 13.2. The summed E-state index contributed by atoms with van der Waals surface area (Å²) in [6.07, 6.45) is 0.574. The molecule has 0 N–H and O–H groups in total. The highest BCUT2D eigenvalue weighted by Gasteiger charge is 2.27. The molecular formula is C21H19NO3S. The maximum atomic E-state index is 13.2. The number of rotatable bonds is 3. The van der Waals surface area contributed by atoms with Crippen molar-refractivity contribution in [2.75, 3.05) is 0 Å². The zero-order valence-electron chi connectivity index (χ0n) is 14.7. The van der Waals surface area contributed by atoms with Gasteiger partial charge in [0.05, 0.1) is 22.2 Å². The minimum atomic E-state index is -0.387. The highest BCUT2D eigenvalue weighted by Crippen LogP contribution is 2.37. The molecular weight excluding hydrogens is 346 g/mol. The first-order valence-electron chi connectivity index (χ1n) is 8.67. The first-order valence-corrected chi connectivity index (χ1v) is 9.55. The van der Waals surface area contributed by atoms with Crippen LogP contribution in [0.2, 0.25) is 0 Å². The fourth-order valence-electron chi connectivity index (χ4n) is 3.36. The van der Waals surface area contributed by atoms with Gasteiger partial charge < -0.3 is 9.30 Å². The molecule has 3 aromatic rings. The molecule has 4 rings (SSSR count). The van der Waals surface area contributed by atoms with E-state index in [0.717, 1.165) is 16.9 Å². The molecule has 0 atom stereocenters. The minimum Gasteiger partial charge on any atom is -0.459 e. The molecule has 0 radical (unpaired) electrons. The van der Waals surface area contributed by atoms with Crippen LogP contribution in [0.3, 0.4) is 0 Å². The van der Waals surface area contributed by atoms with Crippen LogP contribution in [0.5, 0.6) is 0 Å². The van der Waals surface area contributed by atoms with E-state index in [0.29, 0.717) is 23.4 Å². The van der Waals surface area contributed by atoms with Crippen molar-refractivity contribution in [3.63, 3.8) is 0 Å². The molecule has 3 heterocycles. The smallest absolute Gasteiger partial charge is 0.340 e. The van der Waals surface area contributed by atoms with Crippen LogP contribution in [0.15, 0.2) is 52.6 Å². The van der Waals surface area contributed by atoms with Crippen LogP contribution in [0.4, 0.5) is 0 Å². The first kappa shape index (κ1) is 16.8. The van der Waals surface area contributed by atoms with Crippen LogP contribution in [0.25, 0.3) is 21.7 Å². The molecule has 0 fully saturated rings. The number of aromatic nitrogens is 1. The summed E-state index contributed by atoms with van der Waals surface area (Å²) in [6, 6.07) is 13.2. The number of thiophene rings is 1. The number of carbonyl (C=O) groups is 1. The summed E-state index contributed by atoms with van der Waals surface area (Å²) in [5, 5.41) is 2.01. The lowest BCUT2D eigenvalue weighted by Crippen LogP contribution is -2.29. The Kier molecular flexibility index (Phi) is 4.24. The lowest BCUT2D eigenvalue weighted by Gasteiger charge is -2.23. The van der Waals surface area contributed by atoms with E-state index < -0.39 is 0 Å². The number of pyridine rings is 1. The standard InChI is InChI=1S/C21H19NO3S/c1-13(2)25-21(24)17-12-16(14-6-4-3-5-7-14)20(23)22-10-8-15-9-11-26-19(15)18(17)22/h3-7,9,11-13H,8,10H2,1-2H3. The third-order valence-corrected chi connectivity index (χ3v) is 5.47. The maximum Gasteiger partial charge on any atom is 0.340 e. The Bertz CT molecular complexity index is 1030. The van der Waals surface area contributed by atoms with Gasteiger partial charge in [0.25, 0.3) is 5.56 Å². The topological polar surface area (TPSA) is 48.3 Å². The van der Waals surface area contributed by atoms with E-state index in [9.17, 15) is 9.59 Å². The molecule has 26 heavy (non-hydrogen) atoms. The Morgan fingerprint density at radius 2 is 1.96 bits per heavy atom. The monoisotopic (exact) mass is 365 g/mol. The second-order valence-corrected chi connectivity index (χ2v) is 7.54. The number of carbonyl (C=O) groups excluding carboxylic acids is 1. The normalized spacial score (nSPS) is 12.6. The van der Waals surface area contributed by atoms with Crippen molar-refractivity contribution < 1.29 is 9.53 Å². The van der Waals surface area contributed by atoms with Crippen molar-refractivity contribution in [3.05, 3.63) is 69.3 Å². The van der Waals surface area contributed by atoms with Gasteiger partial charge in [0.2, 0.25) is 0 Å². The summed E-state index contributed by atoms with van der Waals surface area (Å²) < 4.78 is 7.21. The SMILES string of the molecule is CC(C)OC(=O)c1cc(-c2ccccc2)c(=O)n2c1-c1sccc1CC2. The largest absolute Gasteiger partial charge is 0.459 e. The van der Waals surface area contributed by atoms with Crippen molar-refractivity contribution in [2.24, 2.45) is 0 Å². The second kappa shape index (κ2) is 6.57. The second-order valence-electron chi connectivity index (χ2n) is 6.62. The van der Waals surface area contributed by atoms with Gasteiger partial charge in [0.15, 0.2) is 0 Å². The number of aryl methyl sites for hydroxylation is 1. The zero-order valence-corrected chi connectivity index (χ0v) is 15.5. The molecule has 0 unspecified atom stereocenters. The molecule has 0 bridgehead atoms. The molecule has 0 spiro atoms. The molecule has 132 valence electrons. The summed E-state index contributed by atoms with van der Waals surface area (Å²) in [5.74, 6) is -0.387. The van der Waals surface area contributed by atoms with Crippen molar-refractivity contribution in [1.82, 2.24) is 4.57 Å². The number of esters is 1. The van der Waals surface area contributed by atoms with Crippen molar-refractivity contribution in [3.8, 4) is 21.7 Å². The van der Waals surface area contributed by atoms with E-state index in [2.05, 4.69) is 6.07 Å². The van der Waals surface area contributed by atoms with Gasteiger partial charge in [0, 0.05) is 12.1 Å². The molecule has 2 aromatic heterocycles. The zero-order chi connectivity index (χ0) is 18.3. The molecule has 0 saturated carbocycles. The molecule has 0 aliphatic carbocycles. The van der Waals surface area contributed by atoms with Gasteiger partial charge in [-0.15, -0.1) is 11.3 Å². The minimum absolute atomic E-state index is 0.0636. The van der Waals surface area contributed by atoms with Crippen LogP contribution >= 0.6 is 11.3 Å². The summed E-state index contributed by atoms with van der Waals surface area (Å²) in [7, 11) is 0. The Morgan fingerprint density at radius 3 is 2.69 bits per heavy atom. The van der Waals surface area contributed by atoms with E-state index in [4.69, 9.17) is 4.74 Å². The van der Waals surface area contributed by atoms with E-state index >= 15 is 0 Å². The predicted molar refractivity (Wildman–Crippen MR) is 104 cm³/mol. The molecule has 5 heteroatoms. The van der Waals surface area contributed by atoms with Gasteiger partial charge in [-0.25, -0.2) is 4.79 Å². The highest BCUT2D eigenvalue weighted by molar-refractivity contribution is 7.13. The molecule has 1 aromatic carbocycles. The number of ether oxygens (including phenoxy) is 1. The van der Waals surface area contributed by atoms with Crippen molar-refractivity contribution in [2.45, 2.75) is 32.9 Å². The van der Waals surface area contributed by atoms with Crippen LogP contribution in [0, 0.1) is 0 Å². The molecule has 0 amide bonds. The van der Waals surface area contributed by atoms with E-state index in [1.807, 2.05) is 49.6 Å². The van der Waals surface area contributed by atoms with E-state index in [1.54, 1.807) is 22.0 Å². The molecule has 4 nitrogen and oxygen atoms in total. The molecule has 0 saturated heterocycles. The number of fused-ring (bicyclic) bond motifs is 3. The number of nitrogens with zero attached hydrogens (tertiary/aromatic N) is 1. The summed E-state index contributed by atoms with van der Waals surface area (Å²) in [5.41, 5.74) is 3.61. The Morgan fingerprint density at radius 1 is 1.19 bits per heavy atom.